The van der Waals surface area contributed by atoms with Crippen molar-refractivity contribution >= 4 is 16.7 Å². The standard InChI is InChI=1S/C22H22F3N3O4/c1-29-19-9-17-18(10-20(19)30-2)26-13-27-21(17)28-8-7-16(11-28)32-15-5-3-14(4-6-15)31-12-22(23,24)25/h3-6,9-10,13,16H,7-8,11-12H2,1-2H3. The summed E-state index contributed by atoms with van der Waals surface area (Å²) in [5, 5.41) is 0.844. The topological polar surface area (TPSA) is 65.9 Å². The molecule has 32 heavy (non-hydrogen) atoms. The predicted molar refractivity (Wildman–Crippen MR) is 112 cm³/mol. The van der Waals surface area contributed by atoms with Crippen LogP contribution in [0.15, 0.2) is 42.7 Å². The quantitative estimate of drug-likeness (QED) is 0.534. The molecule has 170 valence electrons. The van der Waals surface area contributed by atoms with E-state index in [0.717, 1.165) is 29.7 Å². The van der Waals surface area contributed by atoms with Crippen LogP contribution in [0.5, 0.6) is 23.0 Å². The summed E-state index contributed by atoms with van der Waals surface area (Å²) < 4.78 is 58.3. The molecule has 7 nitrogen and oxygen atoms in total. The molecule has 2 heterocycles. The second kappa shape index (κ2) is 8.97. The number of rotatable bonds is 7. The lowest BCUT2D eigenvalue weighted by atomic mass is 10.2. The first-order valence-corrected chi connectivity index (χ1v) is 9.94. The maximum Gasteiger partial charge on any atom is 0.422 e. The van der Waals surface area contributed by atoms with Crippen molar-refractivity contribution < 1.29 is 32.1 Å². The molecule has 1 aliphatic heterocycles. The third-order valence-electron chi connectivity index (χ3n) is 5.09. The minimum absolute atomic E-state index is 0.0953. The van der Waals surface area contributed by atoms with Gasteiger partial charge in [-0.3, -0.25) is 0 Å². The molecule has 1 aliphatic rings. The van der Waals surface area contributed by atoms with Crippen LogP contribution in [0.1, 0.15) is 6.42 Å². The Kier molecular flexibility index (Phi) is 6.11. The zero-order valence-corrected chi connectivity index (χ0v) is 17.6. The number of hydrogen-bond acceptors (Lipinski definition) is 7. The molecule has 3 aromatic rings. The summed E-state index contributed by atoms with van der Waals surface area (Å²) in [6.45, 7) is 0.0129. The molecule has 0 spiro atoms. The van der Waals surface area contributed by atoms with Crippen molar-refractivity contribution in [1.29, 1.82) is 0 Å². The maximum absolute atomic E-state index is 12.3. The van der Waals surface area contributed by atoms with Crippen LogP contribution in [0.25, 0.3) is 10.9 Å². The fourth-order valence-corrected chi connectivity index (χ4v) is 3.61. The Hall–Kier alpha value is -3.43. The molecule has 1 saturated heterocycles. The van der Waals surface area contributed by atoms with Gasteiger partial charge in [0.15, 0.2) is 18.1 Å². The van der Waals surface area contributed by atoms with Gasteiger partial charge in [0.25, 0.3) is 0 Å². The van der Waals surface area contributed by atoms with Gasteiger partial charge in [0.1, 0.15) is 29.7 Å². The van der Waals surface area contributed by atoms with E-state index in [-0.39, 0.29) is 11.9 Å². The molecule has 1 atom stereocenters. The molecular weight excluding hydrogens is 427 g/mol. The maximum atomic E-state index is 12.3. The lowest BCUT2D eigenvalue weighted by Gasteiger charge is -2.20. The largest absolute Gasteiger partial charge is 0.493 e. The monoisotopic (exact) mass is 449 g/mol. The van der Waals surface area contributed by atoms with Crippen LogP contribution in [0.3, 0.4) is 0 Å². The van der Waals surface area contributed by atoms with Gasteiger partial charge in [-0.2, -0.15) is 13.2 Å². The molecule has 0 aliphatic carbocycles. The second-order valence-electron chi connectivity index (χ2n) is 7.27. The lowest BCUT2D eigenvalue weighted by molar-refractivity contribution is -0.153. The van der Waals surface area contributed by atoms with Crippen LogP contribution < -0.4 is 23.8 Å². The summed E-state index contributed by atoms with van der Waals surface area (Å²) in [4.78, 5) is 10.9. The molecule has 1 aromatic heterocycles. The van der Waals surface area contributed by atoms with E-state index in [1.165, 1.54) is 18.5 Å². The highest BCUT2D eigenvalue weighted by molar-refractivity contribution is 5.92. The van der Waals surface area contributed by atoms with Crippen LogP contribution >= 0.6 is 0 Å². The highest BCUT2D eigenvalue weighted by Gasteiger charge is 2.29. The number of nitrogens with zero attached hydrogens (tertiary/aromatic N) is 3. The van der Waals surface area contributed by atoms with E-state index in [1.54, 1.807) is 26.4 Å². The molecule has 10 heteroatoms. The van der Waals surface area contributed by atoms with Gasteiger partial charge in [-0.25, -0.2) is 9.97 Å². The van der Waals surface area contributed by atoms with Gasteiger partial charge < -0.3 is 23.8 Å². The molecule has 0 saturated carbocycles. The third-order valence-corrected chi connectivity index (χ3v) is 5.09. The van der Waals surface area contributed by atoms with E-state index in [2.05, 4.69) is 14.9 Å². The summed E-state index contributed by atoms with van der Waals surface area (Å²) >= 11 is 0. The smallest absolute Gasteiger partial charge is 0.422 e. The van der Waals surface area contributed by atoms with Crippen LogP contribution in [0.2, 0.25) is 0 Å². The molecule has 0 radical (unpaired) electrons. The van der Waals surface area contributed by atoms with E-state index in [0.29, 0.717) is 23.8 Å². The van der Waals surface area contributed by atoms with Gasteiger partial charge in [0.2, 0.25) is 0 Å². The summed E-state index contributed by atoms with van der Waals surface area (Å²) in [6.07, 6.45) is -2.19. The number of ether oxygens (including phenoxy) is 4. The van der Waals surface area contributed by atoms with Gasteiger partial charge >= 0.3 is 6.18 Å². The minimum atomic E-state index is -4.37. The fraction of sp³-hybridized carbons (Fsp3) is 0.364. The Labute approximate surface area is 182 Å². The average Bonchev–Trinajstić information content (AvgIpc) is 3.24. The Morgan fingerprint density at radius 1 is 1.00 bits per heavy atom. The third kappa shape index (κ3) is 4.90. The van der Waals surface area contributed by atoms with Gasteiger partial charge in [-0.1, -0.05) is 0 Å². The summed E-state index contributed by atoms with van der Waals surface area (Å²) in [5.41, 5.74) is 0.742. The summed E-state index contributed by atoms with van der Waals surface area (Å²) in [7, 11) is 3.15. The Balaban J connectivity index is 1.44. The number of hydrogen-bond donors (Lipinski definition) is 0. The van der Waals surface area contributed by atoms with Gasteiger partial charge in [0.05, 0.1) is 26.3 Å². The SMILES string of the molecule is COc1cc2ncnc(N3CCC(Oc4ccc(OCC(F)(F)F)cc4)C3)c2cc1OC. The van der Waals surface area contributed by atoms with Crippen molar-refractivity contribution in [3.8, 4) is 23.0 Å². The predicted octanol–water partition coefficient (Wildman–Crippen LogP) is 4.25. The Bertz CT molecular complexity index is 1080. The molecular formula is C22H22F3N3O4. The highest BCUT2D eigenvalue weighted by Crippen LogP contribution is 2.36. The van der Waals surface area contributed by atoms with E-state index in [4.69, 9.17) is 18.9 Å². The molecule has 1 fully saturated rings. The molecule has 2 aromatic carbocycles. The zero-order valence-electron chi connectivity index (χ0n) is 17.6. The van der Waals surface area contributed by atoms with E-state index < -0.39 is 12.8 Å². The highest BCUT2D eigenvalue weighted by atomic mass is 19.4. The fourth-order valence-electron chi connectivity index (χ4n) is 3.61. The zero-order chi connectivity index (χ0) is 22.7. The Morgan fingerprint density at radius 2 is 1.69 bits per heavy atom. The van der Waals surface area contributed by atoms with Crippen LogP contribution in [0, 0.1) is 0 Å². The first kappa shape index (κ1) is 21.8. The molecule has 0 amide bonds. The van der Waals surface area contributed by atoms with E-state index >= 15 is 0 Å². The number of aromatic nitrogens is 2. The van der Waals surface area contributed by atoms with Crippen molar-refractivity contribution in [2.45, 2.75) is 18.7 Å². The van der Waals surface area contributed by atoms with Gasteiger partial charge in [-0.15, -0.1) is 0 Å². The van der Waals surface area contributed by atoms with E-state index in [9.17, 15) is 13.2 Å². The van der Waals surface area contributed by atoms with Crippen molar-refractivity contribution in [2.75, 3.05) is 38.8 Å². The number of halogens is 3. The summed E-state index contributed by atoms with van der Waals surface area (Å²) in [6, 6.07) is 9.80. The Morgan fingerprint density at radius 3 is 2.38 bits per heavy atom. The first-order valence-electron chi connectivity index (χ1n) is 9.94. The van der Waals surface area contributed by atoms with E-state index in [1.807, 2.05) is 12.1 Å². The lowest BCUT2D eigenvalue weighted by Crippen LogP contribution is -2.25. The second-order valence-corrected chi connectivity index (χ2v) is 7.27. The van der Waals surface area contributed by atoms with Crippen LogP contribution in [-0.4, -0.2) is 56.2 Å². The van der Waals surface area contributed by atoms with Gasteiger partial charge in [-0.05, 0) is 30.3 Å². The minimum Gasteiger partial charge on any atom is -0.493 e. The summed E-state index contributed by atoms with van der Waals surface area (Å²) in [5.74, 6) is 2.67. The van der Waals surface area contributed by atoms with Crippen molar-refractivity contribution in [3.05, 3.63) is 42.7 Å². The number of fused-ring (bicyclic) bond motifs is 1. The van der Waals surface area contributed by atoms with Crippen LogP contribution in [-0.2, 0) is 0 Å². The van der Waals surface area contributed by atoms with Crippen molar-refractivity contribution in [1.82, 2.24) is 9.97 Å². The molecule has 4 rings (SSSR count). The number of methoxy groups -OCH3 is 2. The number of anilines is 1. The number of alkyl halides is 3. The normalized spacial score (nSPS) is 16.3. The molecule has 0 N–H and O–H groups in total. The van der Waals surface area contributed by atoms with Crippen molar-refractivity contribution in [2.24, 2.45) is 0 Å². The average molecular weight is 449 g/mol. The van der Waals surface area contributed by atoms with Gasteiger partial charge in [0, 0.05) is 24.4 Å². The molecule has 1 unspecified atom stereocenters. The number of benzene rings is 2. The molecule has 0 bridgehead atoms. The van der Waals surface area contributed by atoms with Crippen molar-refractivity contribution in [3.63, 3.8) is 0 Å². The van der Waals surface area contributed by atoms with Crippen LogP contribution in [0.4, 0.5) is 19.0 Å². The first-order chi connectivity index (χ1) is 15.4.